The smallest absolute Gasteiger partial charge is 0.336 e. The predicted molar refractivity (Wildman–Crippen MR) is 85.4 cm³/mol. The van der Waals surface area contributed by atoms with Crippen LogP contribution in [-0.2, 0) is 0 Å². The minimum Gasteiger partial charge on any atom is -0.478 e. The molecule has 21 heavy (non-hydrogen) atoms. The molecule has 0 bridgehead atoms. The Bertz CT molecular complexity index is 574. The maximum absolute atomic E-state index is 12.2. The number of rotatable bonds is 2. The molecule has 1 aliphatic rings. The van der Waals surface area contributed by atoms with Gasteiger partial charge in [-0.1, -0.05) is 6.92 Å². The zero-order chi connectivity index (χ0) is 15.6. The fraction of sp³-hybridized carbons (Fsp3) is 0.467. The van der Waals surface area contributed by atoms with Gasteiger partial charge in [-0.15, -0.1) is 0 Å². The first-order chi connectivity index (χ1) is 9.88. The van der Waals surface area contributed by atoms with Crippen LogP contribution in [0, 0.1) is 13.8 Å². The topological polar surface area (TPSA) is 69.6 Å². The molecule has 1 fully saturated rings. The van der Waals surface area contributed by atoms with Gasteiger partial charge in [0, 0.05) is 29.8 Å². The average molecular weight is 308 g/mol. The molecule has 1 unspecified atom stereocenters. The maximum Gasteiger partial charge on any atom is 0.336 e. The van der Waals surface area contributed by atoms with Crippen LogP contribution in [0.15, 0.2) is 12.1 Å². The van der Waals surface area contributed by atoms with Crippen LogP contribution in [-0.4, -0.2) is 46.1 Å². The van der Waals surface area contributed by atoms with E-state index in [1.807, 2.05) is 24.8 Å². The molecule has 0 spiro atoms. The minimum atomic E-state index is -0.977. The molecule has 6 heteroatoms. The summed E-state index contributed by atoms with van der Waals surface area (Å²) in [6.45, 7) is 7.15. The molecule has 114 valence electrons. The Labute approximate surface area is 128 Å². The molecule has 2 amide bonds. The van der Waals surface area contributed by atoms with E-state index in [9.17, 15) is 14.7 Å². The number of benzene rings is 1. The van der Waals surface area contributed by atoms with Crippen molar-refractivity contribution in [2.24, 2.45) is 0 Å². The van der Waals surface area contributed by atoms with E-state index in [1.165, 1.54) is 6.07 Å². The van der Waals surface area contributed by atoms with Gasteiger partial charge in [0.1, 0.15) is 0 Å². The molecule has 1 heterocycles. The highest BCUT2D eigenvalue weighted by atomic mass is 32.2. The Morgan fingerprint density at radius 2 is 2.10 bits per heavy atom. The Kier molecular flexibility index (Phi) is 4.77. The summed E-state index contributed by atoms with van der Waals surface area (Å²) in [5.41, 5.74) is 2.34. The quantitative estimate of drug-likeness (QED) is 0.881. The van der Waals surface area contributed by atoms with E-state index >= 15 is 0 Å². The summed E-state index contributed by atoms with van der Waals surface area (Å²) in [6.07, 6.45) is 0. The number of aryl methyl sites for hydroxylation is 1. The van der Waals surface area contributed by atoms with Gasteiger partial charge in [0.15, 0.2) is 0 Å². The van der Waals surface area contributed by atoms with E-state index in [0.717, 1.165) is 23.4 Å². The third-order valence-electron chi connectivity index (χ3n) is 3.68. The predicted octanol–water partition coefficient (Wildman–Crippen LogP) is 2.97. The fourth-order valence-corrected chi connectivity index (χ4v) is 3.37. The number of carbonyl (C=O) groups is 2. The summed E-state index contributed by atoms with van der Waals surface area (Å²) in [5, 5.41) is 12.4. The SMILES string of the molecule is Cc1cc(NC(=O)N2CCSC(C)C2)cc(C(=O)O)c1C. The van der Waals surface area contributed by atoms with Gasteiger partial charge in [-0.25, -0.2) is 9.59 Å². The van der Waals surface area contributed by atoms with Gasteiger partial charge in [0.05, 0.1) is 5.56 Å². The first-order valence-corrected chi connectivity index (χ1v) is 7.95. The number of carboxylic acid groups (broad SMARTS) is 1. The van der Waals surface area contributed by atoms with E-state index in [1.54, 1.807) is 11.8 Å². The van der Waals surface area contributed by atoms with Crippen molar-refractivity contribution in [1.82, 2.24) is 4.90 Å². The van der Waals surface area contributed by atoms with E-state index in [0.29, 0.717) is 17.5 Å². The van der Waals surface area contributed by atoms with Crippen molar-refractivity contribution in [3.05, 3.63) is 28.8 Å². The lowest BCUT2D eigenvalue weighted by atomic mass is 10.0. The van der Waals surface area contributed by atoms with Crippen LogP contribution < -0.4 is 5.32 Å². The second-order valence-electron chi connectivity index (χ2n) is 5.33. The normalized spacial score (nSPS) is 18.4. The van der Waals surface area contributed by atoms with Crippen molar-refractivity contribution in [2.45, 2.75) is 26.0 Å². The number of thioether (sulfide) groups is 1. The van der Waals surface area contributed by atoms with Crippen molar-refractivity contribution in [3.63, 3.8) is 0 Å². The molecule has 0 aliphatic carbocycles. The van der Waals surface area contributed by atoms with Crippen LogP contribution in [0.3, 0.4) is 0 Å². The van der Waals surface area contributed by atoms with E-state index in [-0.39, 0.29) is 11.6 Å². The first-order valence-electron chi connectivity index (χ1n) is 6.90. The van der Waals surface area contributed by atoms with Crippen LogP contribution in [0.25, 0.3) is 0 Å². The molecule has 0 saturated carbocycles. The number of anilines is 1. The Balaban J connectivity index is 2.15. The first kappa shape index (κ1) is 15.7. The van der Waals surface area contributed by atoms with Gasteiger partial charge in [-0.3, -0.25) is 0 Å². The Morgan fingerprint density at radius 1 is 1.38 bits per heavy atom. The van der Waals surface area contributed by atoms with Crippen molar-refractivity contribution in [1.29, 1.82) is 0 Å². The average Bonchev–Trinajstić information content (AvgIpc) is 2.42. The highest BCUT2D eigenvalue weighted by Crippen LogP contribution is 2.22. The molecule has 0 radical (unpaired) electrons. The largest absolute Gasteiger partial charge is 0.478 e. The van der Waals surface area contributed by atoms with Gasteiger partial charge in [-0.2, -0.15) is 11.8 Å². The zero-order valence-corrected chi connectivity index (χ0v) is 13.3. The second-order valence-corrected chi connectivity index (χ2v) is 6.87. The molecule has 2 N–H and O–H groups in total. The molecule has 1 saturated heterocycles. The van der Waals surface area contributed by atoms with Crippen LogP contribution in [0.2, 0.25) is 0 Å². The van der Waals surface area contributed by atoms with Crippen molar-refractivity contribution < 1.29 is 14.7 Å². The molecule has 1 aliphatic heterocycles. The van der Waals surface area contributed by atoms with Crippen molar-refractivity contribution >= 4 is 29.4 Å². The third-order valence-corrected chi connectivity index (χ3v) is 4.81. The molecule has 5 nitrogen and oxygen atoms in total. The maximum atomic E-state index is 12.2. The molecule has 1 atom stereocenters. The van der Waals surface area contributed by atoms with Gasteiger partial charge in [0.25, 0.3) is 0 Å². The van der Waals surface area contributed by atoms with Gasteiger partial charge in [-0.05, 0) is 37.1 Å². The van der Waals surface area contributed by atoms with Gasteiger partial charge >= 0.3 is 12.0 Å². The number of hydrogen-bond donors (Lipinski definition) is 2. The third kappa shape index (κ3) is 3.69. The van der Waals surface area contributed by atoms with Crippen molar-refractivity contribution in [2.75, 3.05) is 24.2 Å². The fourth-order valence-electron chi connectivity index (χ4n) is 2.36. The molecule has 0 aromatic heterocycles. The number of amides is 2. The van der Waals surface area contributed by atoms with E-state index in [2.05, 4.69) is 12.2 Å². The number of hydrogen-bond acceptors (Lipinski definition) is 3. The van der Waals surface area contributed by atoms with Gasteiger partial charge in [0.2, 0.25) is 0 Å². The van der Waals surface area contributed by atoms with Crippen LogP contribution >= 0.6 is 11.8 Å². The summed E-state index contributed by atoms with van der Waals surface area (Å²) in [6, 6.07) is 3.16. The Morgan fingerprint density at radius 3 is 2.71 bits per heavy atom. The number of aromatic carboxylic acids is 1. The Hall–Kier alpha value is -1.69. The lowest BCUT2D eigenvalue weighted by molar-refractivity contribution is 0.0696. The molecule has 2 rings (SSSR count). The monoisotopic (exact) mass is 308 g/mol. The molecule has 1 aromatic carbocycles. The van der Waals surface area contributed by atoms with Gasteiger partial charge < -0.3 is 15.3 Å². The second kappa shape index (κ2) is 6.39. The number of nitrogens with one attached hydrogen (secondary N) is 1. The van der Waals surface area contributed by atoms with Crippen LogP contribution in [0.5, 0.6) is 0 Å². The highest BCUT2D eigenvalue weighted by Gasteiger charge is 2.21. The lowest BCUT2D eigenvalue weighted by Crippen LogP contribution is -2.43. The summed E-state index contributed by atoms with van der Waals surface area (Å²) in [5.74, 6) is -0.0447. The standard InChI is InChI=1S/C15H20N2O3S/c1-9-6-12(7-13(11(9)3)14(18)19)16-15(20)17-4-5-21-10(2)8-17/h6-7,10H,4-5,8H2,1-3H3,(H,16,20)(H,18,19). The number of carboxylic acids is 1. The van der Waals surface area contributed by atoms with E-state index < -0.39 is 5.97 Å². The summed E-state index contributed by atoms with van der Waals surface area (Å²) in [4.78, 5) is 25.3. The minimum absolute atomic E-state index is 0.165. The van der Waals surface area contributed by atoms with Crippen molar-refractivity contribution in [3.8, 4) is 0 Å². The number of nitrogens with zero attached hydrogens (tertiary/aromatic N) is 1. The molecule has 1 aromatic rings. The molecular formula is C15H20N2O3S. The number of carbonyl (C=O) groups excluding carboxylic acids is 1. The van der Waals surface area contributed by atoms with E-state index in [4.69, 9.17) is 0 Å². The summed E-state index contributed by atoms with van der Waals surface area (Å²) in [7, 11) is 0. The summed E-state index contributed by atoms with van der Waals surface area (Å²) < 4.78 is 0. The highest BCUT2D eigenvalue weighted by molar-refractivity contribution is 7.99. The zero-order valence-electron chi connectivity index (χ0n) is 12.5. The van der Waals surface area contributed by atoms with Crippen LogP contribution in [0.4, 0.5) is 10.5 Å². The lowest BCUT2D eigenvalue weighted by Gasteiger charge is -2.30. The molecular weight excluding hydrogens is 288 g/mol. The summed E-state index contributed by atoms with van der Waals surface area (Å²) >= 11 is 1.86. The number of urea groups is 1. The van der Waals surface area contributed by atoms with Crippen LogP contribution in [0.1, 0.15) is 28.4 Å².